The van der Waals surface area contributed by atoms with E-state index in [2.05, 4.69) is 4.72 Å². The topological polar surface area (TPSA) is 66.4 Å². The Morgan fingerprint density at radius 3 is 2.73 bits per heavy atom. The number of hydrogen-bond donors (Lipinski definition) is 2. The SMILES string of the molecule is C[C@H](CO)NS(=O)(=O)c1cccc(Cl)c1. The predicted octanol–water partition coefficient (Wildman–Crippen LogP) is 0.999. The van der Waals surface area contributed by atoms with Gasteiger partial charge in [0.05, 0.1) is 11.5 Å². The number of sulfonamides is 1. The molecular weight excluding hydrogens is 238 g/mol. The zero-order valence-corrected chi connectivity index (χ0v) is 9.72. The van der Waals surface area contributed by atoms with Crippen LogP contribution >= 0.6 is 11.6 Å². The van der Waals surface area contributed by atoms with E-state index in [9.17, 15) is 8.42 Å². The molecule has 2 N–H and O–H groups in total. The molecule has 1 atom stereocenters. The Morgan fingerprint density at radius 1 is 1.53 bits per heavy atom. The molecule has 4 nitrogen and oxygen atoms in total. The molecule has 0 heterocycles. The third kappa shape index (κ3) is 3.46. The van der Waals surface area contributed by atoms with Crippen LogP contribution in [0, 0.1) is 0 Å². The van der Waals surface area contributed by atoms with Gasteiger partial charge in [0.15, 0.2) is 0 Å². The van der Waals surface area contributed by atoms with Gasteiger partial charge in [0.25, 0.3) is 0 Å². The third-order valence-electron chi connectivity index (χ3n) is 1.74. The maximum atomic E-state index is 11.7. The highest BCUT2D eigenvalue weighted by Crippen LogP contribution is 2.15. The van der Waals surface area contributed by atoms with Crippen molar-refractivity contribution < 1.29 is 13.5 Å². The molecule has 0 amide bonds. The molecule has 84 valence electrons. The highest BCUT2D eigenvalue weighted by atomic mass is 35.5. The van der Waals surface area contributed by atoms with Crippen LogP contribution in [0.5, 0.6) is 0 Å². The maximum Gasteiger partial charge on any atom is 0.240 e. The van der Waals surface area contributed by atoms with Crippen molar-refractivity contribution in [2.24, 2.45) is 0 Å². The van der Waals surface area contributed by atoms with Gasteiger partial charge in [-0.3, -0.25) is 0 Å². The highest BCUT2D eigenvalue weighted by molar-refractivity contribution is 7.89. The molecule has 0 aliphatic carbocycles. The molecule has 0 saturated heterocycles. The number of hydrogen-bond acceptors (Lipinski definition) is 3. The van der Waals surface area contributed by atoms with Crippen molar-refractivity contribution in [3.05, 3.63) is 29.3 Å². The molecule has 0 spiro atoms. The summed E-state index contributed by atoms with van der Waals surface area (Å²) in [5.41, 5.74) is 0. The summed E-state index contributed by atoms with van der Waals surface area (Å²) >= 11 is 5.68. The lowest BCUT2D eigenvalue weighted by molar-refractivity contribution is 0.265. The summed E-state index contributed by atoms with van der Waals surface area (Å²) in [4.78, 5) is 0.0929. The van der Waals surface area contributed by atoms with Crippen molar-refractivity contribution in [2.75, 3.05) is 6.61 Å². The summed E-state index contributed by atoms with van der Waals surface area (Å²) in [6.45, 7) is 1.32. The lowest BCUT2D eigenvalue weighted by Gasteiger charge is -2.11. The molecule has 0 radical (unpaired) electrons. The molecule has 1 aromatic carbocycles. The van der Waals surface area contributed by atoms with Gasteiger partial charge in [0, 0.05) is 11.1 Å². The number of aliphatic hydroxyl groups is 1. The molecule has 1 aromatic rings. The van der Waals surface area contributed by atoms with Crippen LogP contribution in [0.3, 0.4) is 0 Å². The maximum absolute atomic E-state index is 11.7. The van der Waals surface area contributed by atoms with E-state index in [1.54, 1.807) is 19.1 Å². The van der Waals surface area contributed by atoms with Crippen LogP contribution in [0.25, 0.3) is 0 Å². The summed E-state index contributed by atoms with van der Waals surface area (Å²) < 4.78 is 25.7. The van der Waals surface area contributed by atoms with Crippen molar-refractivity contribution in [1.29, 1.82) is 0 Å². The molecule has 0 fully saturated rings. The molecular formula is C9H12ClNO3S. The summed E-state index contributed by atoms with van der Waals surface area (Å²) in [6, 6.07) is 5.43. The van der Waals surface area contributed by atoms with E-state index in [-0.39, 0.29) is 11.5 Å². The van der Waals surface area contributed by atoms with Crippen molar-refractivity contribution in [3.8, 4) is 0 Å². The van der Waals surface area contributed by atoms with Gasteiger partial charge in [0.2, 0.25) is 10.0 Å². The first-order valence-corrected chi connectivity index (χ1v) is 6.20. The van der Waals surface area contributed by atoms with E-state index in [1.807, 2.05) is 0 Å². The average molecular weight is 250 g/mol. The molecule has 0 unspecified atom stereocenters. The first-order valence-electron chi connectivity index (χ1n) is 4.34. The Bertz CT molecular complexity index is 433. The highest BCUT2D eigenvalue weighted by Gasteiger charge is 2.16. The van der Waals surface area contributed by atoms with E-state index in [0.717, 1.165) is 0 Å². The fourth-order valence-electron chi connectivity index (χ4n) is 1.00. The summed E-state index contributed by atoms with van der Waals surface area (Å²) in [6.07, 6.45) is 0. The zero-order chi connectivity index (χ0) is 11.5. The van der Waals surface area contributed by atoms with Gasteiger partial charge in [-0.25, -0.2) is 13.1 Å². The third-order valence-corrected chi connectivity index (χ3v) is 3.56. The van der Waals surface area contributed by atoms with Crippen molar-refractivity contribution in [1.82, 2.24) is 4.72 Å². The van der Waals surface area contributed by atoms with Gasteiger partial charge in [-0.15, -0.1) is 0 Å². The largest absolute Gasteiger partial charge is 0.395 e. The summed E-state index contributed by atoms with van der Waals surface area (Å²) in [5, 5.41) is 9.10. The van der Waals surface area contributed by atoms with Crippen LogP contribution in [-0.2, 0) is 10.0 Å². The number of benzene rings is 1. The number of nitrogens with one attached hydrogen (secondary N) is 1. The summed E-state index contributed by atoms with van der Waals surface area (Å²) in [7, 11) is -3.59. The molecule has 6 heteroatoms. The number of halogens is 1. The monoisotopic (exact) mass is 249 g/mol. The van der Waals surface area contributed by atoms with Gasteiger partial charge >= 0.3 is 0 Å². The number of aliphatic hydroxyl groups excluding tert-OH is 1. The first kappa shape index (κ1) is 12.4. The molecule has 0 aliphatic heterocycles. The molecule has 1 rings (SSSR count). The van der Waals surface area contributed by atoms with Gasteiger partial charge in [0.1, 0.15) is 0 Å². The molecule has 0 bridgehead atoms. The summed E-state index contributed by atoms with van der Waals surface area (Å²) in [5.74, 6) is 0. The van der Waals surface area contributed by atoms with E-state index >= 15 is 0 Å². The van der Waals surface area contributed by atoms with Crippen LogP contribution in [0.2, 0.25) is 5.02 Å². The molecule has 15 heavy (non-hydrogen) atoms. The predicted molar refractivity (Wildman–Crippen MR) is 58.3 cm³/mol. The zero-order valence-electron chi connectivity index (χ0n) is 8.14. The standard InChI is InChI=1S/C9H12ClNO3S/c1-7(6-12)11-15(13,14)9-4-2-3-8(10)5-9/h2-5,7,11-12H,6H2,1H3/t7-/m1/s1. The Hall–Kier alpha value is -0.620. The second-order valence-corrected chi connectivity index (χ2v) is 5.31. The van der Waals surface area contributed by atoms with Crippen LogP contribution in [0.15, 0.2) is 29.2 Å². The Kier molecular flexibility index (Phi) is 4.10. The minimum atomic E-state index is -3.59. The van der Waals surface area contributed by atoms with Gasteiger partial charge in [-0.2, -0.15) is 0 Å². The number of rotatable bonds is 4. The van der Waals surface area contributed by atoms with E-state index in [0.29, 0.717) is 5.02 Å². The lowest BCUT2D eigenvalue weighted by Crippen LogP contribution is -2.34. The van der Waals surface area contributed by atoms with Crippen molar-refractivity contribution >= 4 is 21.6 Å². The fourth-order valence-corrected chi connectivity index (χ4v) is 2.54. The molecule has 0 aromatic heterocycles. The van der Waals surface area contributed by atoms with Crippen LogP contribution in [-0.4, -0.2) is 26.2 Å². The first-order chi connectivity index (χ1) is 6.95. The molecule has 0 saturated carbocycles. The average Bonchev–Trinajstić information content (AvgIpc) is 2.17. The quantitative estimate of drug-likeness (QED) is 0.837. The van der Waals surface area contributed by atoms with E-state index < -0.39 is 16.1 Å². The van der Waals surface area contributed by atoms with Gasteiger partial charge in [-0.1, -0.05) is 17.7 Å². The fraction of sp³-hybridized carbons (Fsp3) is 0.333. The smallest absolute Gasteiger partial charge is 0.240 e. The van der Waals surface area contributed by atoms with Crippen LogP contribution < -0.4 is 4.72 Å². The van der Waals surface area contributed by atoms with Crippen molar-refractivity contribution in [2.45, 2.75) is 17.9 Å². The Morgan fingerprint density at radius 2 is 2.20 bits per heavy atom. The lowest BCUT2D eigenvalue weighted by atomic mass is 10.4. The Labute approximate surface area is 93.9 Å². The normalized spacial score (nSPS) is 13.8. The van der Waals surface area contributed by atoms with Gasteiger partial charge < -0.3 is 5.11 Å². The second-order valence-electron chi connectivity index (χ2n) is 3.16. The van der Waals surface area contributed by atoms with Gasteiger partial charge in [-0.05, 0) is 25.1 Å². The second kappa shape index (κ2) is 4.94. The minimum Gasteiger partial charge on any atom is -0.395 e. The van der Waals surface area contributed by atoms with Crippen molar-refractivity contribution in [3.63, 3.8) is 0 Å². The Balaban J connectivity index is 2.96. The van der Waals surface area contributed by atoms with Crippen LogP contribution in [0.4, 0.5) is 0 Å². The van der Waals surface area contributed by atoms with E-state index in [4.69, 9.17) is 16.7 Å². The van der Waals surface area contributed by atoms with Crippen LogP contribution in [0.1, 0.15) is 6.92 Å². The molecule has 0 aliphatic rings. The van der Waals surface area contributed by atoms with E-state index in [1.165, 1.54) is 12.1 Å². The minimum absolute atomic E-state index is 0.0929.